The zero-order chi connectivity index (χ0) is 19.2. The summed E-state index contributed by atoms with van der Waals surface area (Å²) in [6.07, 6.45) is 3.62. The number of nitrogens with zero attached hydrogens (tertiary/aromatic N) is 5. The van der Waals surface area contributed by atoms with Gasteiger partial charge in [-0.2, -0.15) is 0 Å². The Morgan fingerprint density at radius 1 is 1.07 bits per heavy atom. The van der Waals surface area contributed by atoms with Gasteiger partial charge in [-0.15, -0.1) is 0 Å². The number of anilines is 2. The van der Waals surface area contributed by atoms with Crippen LogP contribution in [0, 0.1) is 5.82 Å². The molecule has 142 valence electrons. The maximum absolute atomic E-state index is 13.1. The van der Waals surface area contributed by atoms with Gasteiger partial charge in [0.15, 0.2) is 0 Å². The third kappa shape index (κ3) is 4.78. The molecule has 1 fully saturated rings. The maximum atomic E-state index is 13.1. The Kier molecular flexibility index (Phi) is 5.95. The Bertz CT molecular complexity index is 776. The monoisotopic (exact) mass is 371 g/mol. The average molecular weight is 371 g/mol. The van der Waals surface area contributed by atoms with Crippen molar-refractivity contribution in [3.63, 3.8) is 0 Å². The van der Waals surface area contributed by atoms with Crippen LogP contribution in [-0.2, 0) is 9.59 Å². The minimum Gasteiger partial charge on any atom is -0.339 e. The molecule has 1 saturated heterocycles. The van der Waals surface area contributed by atoms with Crippen molar-refractivity contribution < 1.29 is 14.0 Å². The summed E-state index contributed by atoms with van der Waals surface area (Å²) in [6.45, 7) is 4.23. The van der Waals surface area contributed by atoms with Crippen LogP contribution in [0.1, 0.15) is 13.3 Å². The molecule has 0 spiro atoms. The number of carbonyl (C=O) groups is 2. The van der Waals surface area contributed by atoms with Crippen LogP contribution in [0.3, 0.4) is 0 Å². The summed E-state index contributed by atoms with van der Waals surface area (Å²) >= 11 is 0. The topological polar surface area (TPSA) is 69.6 Å². The van der Waals surface area contributed by atoms with Crippen molar-refractivity contribution in [3.05, 3.63) is 48.5 Å². The second-order valence-corrected chi connectivity index (χ2v) is 6.31. The van der Waals surface area contributed by atoms with E-state index in [-0.39, 0.29) is 30.6 Å². The molecule has 2 aromatic rings. The summed E-state index contributed by atoms with van der Waals surface area (Å²) in [5, 5.41) is 0. The highest BCUT2D eigenvalue weighted by molar-refractivity contribution is 5.92. The van der Waals surface area contributed by atoms with E-state index in [1.54, 1.807) is 35.5 Å². The van der Waals surface area contributed by atoms with Gasteiger partial charge in [-0.25, -0.2) is 14.4 Å². The normalized spacial score (nSPS) is 14.1. The Balaban J connectivity index is 1.53. The lowest BCUT2D eigenvalue weighted by Crippen LogP contribution is -2.49. The quantitative estimate of drug-likeness (QED) is 0.800. The highest BCUT2D eigenvalue weighted by Crippen LogP contribution is 2.16. The molecule has 8 heteroatoms. The number of carbonyl (C=O) groups excluding carboxylic acids is 2. The number of rotatable bonds is 5. The molecular weight excluding hydrogens is 349 g/mol. The maximum Gasteiger partial charge on any atom is 0.225 e. The van der Waals surface area contributed by atoms with E-state index in [4.69, 9.17) is 0 Å². The van der Waals surface area contributed by atoms with E-state index in [1.165, 1.54) is 24.0 Å². The molecule has 1 aromatic heterocycles. The van der Waals surface area contributed by atoms with E-state index in [2.05, 4.69) is 9.97 Å². The largest absolute Gasteiger partial charge is 0.339 e. The first-order chi connectivity index (χ1) is 13.0. The Hall–Kier alpha value is -3.03. The van der Waals surface area contributed by atoms with Crippen LogP contribution in [0.2, 0.25) is 0 Å². The average Bonchev–Trinajstić information content (AvgIpc) is 2.70. The summed E-state index contributed by atoms with van der Waals surface area (Å²) in [5.74, 6) is 0.125. The Morgan fingerprint density at radius 3 is 2.30 bits per heavy atom. The highest BCUT2D eigenvalue weighted by Gasteiger charge is 2.23. The minimum atomic E-state index is -0.362. The first-order valence-corrected chi connectivity index (χ1v) is 8.88. The summed E-state index contributed by atoms with van der Waals surface area (Å²) < 4.78 is 13.1. The van der Waals surface area contributed by atoms with Crippen molar-refractivity contribution in [1.29, 1.82) is 0 Å². The number of hydrogen-bond acceptors (Lipinski definition) is 5. The van der Waals surface area contributed by atoms with Crippen molar-refractivity contribution in [2.24, 2.45) is 0 Å². The highest BCUT2D eigenvalue weighted by atomic mass is 19.1. The van der Waals surface area contributed by atoms with E-state index in [1.807, 2.05) is 4.90 Å². The van der Waals surface area contributed by atoms with Gasteiger partial charge in [-0.1, -0.05) is 0 Å². The number of halogens is 1. The van der Waals surface area contributed by atoms with Crippen molar-refractivity contribution in [2.75, 3.05) is 42.5 Å². The van der Waals surface area contributed by atoms with Crippen molar-refractivity contribution in [1.82, 2.24) is 14.9 Å². The zero-order valence-electron chi connectivity index (χ0n) is 15.2. The molecule has 0 N–H and O–H groups in total. The molecule has 1 aromatic carbocycles. The van der Waals surface area contributed by atoms with Crippen LogP contribution in [0.25, 0.3) is 0 Å². The number of piperazine rings is 1. The number of aromatic nitrogens is 2. The standard InChI is InChI=1S/C19H22FN5O2/c1-15(26)25(17-5-3-16(20)4-6-17)10-7-18(27)23-11-13-24(14-12-23)19-21-8-2-9-22-19/h2-6,8-9H,7,10-14H2,1H3. The second-order valence-electron chi connectivity index (χ2n) is 6.31. The summed E-state index contributed by atoms with van der Waals surface area (Å²) in [7, 11) is 0. The SMILES string of the molecule is CC(=O)N(CCC(=O)N1CCN(c2ncccn2)CC1)c1ccc(F)cc1. The lowest BCUT2D eigenvalue weighted by atomic mass is 10.2. The van der Waals surface area contributed by atoms with Gasteiger partial charge in [0.2, 0.25) is 17.8 Å². The van der Waals surface area contributed by atoms with Gasteiger partial charge in [0.05, 0.1) is 0 Å². The first-order valence-electron chi connectivity index (χ1n) is 8.88. The van der Waals surface area contributed by atoms with Crippen LogP contribution in [0.15, 0.2) is 42.7 Å². The molecule has 27 heavy (non-hydrogen) atoms. The molecule has 3 rings (SSSR count). The molecule has 0 aliphatic carbocycles. The molecule has 1 aliphatic heterocycles. The Labute approximate surface area is 157 Å². The van der Waals surface area contributed by atoms with E-state index in [0.29, 0.717) is 37.8 Å². The second kappa shape index (κ2) is 8.57. The molecule has 2 amide bonds. The third-order valence-electron chi connectivity index (χ3n) is 4.54. The van der Waals surface area contributed by atoms with Crippen molar-refractivity contribution in [3.8, 4) is 0 Å². The fourth-order valence-electron chi connectivity index (χ4n) is 3.07. The predicted molar refractivity (Wildman–Crippen MR) is 99.9 cm³/mol. The molecule has 0 bridgehead atoms. The molecule has 0 unspecified atom stereocenters. The van der Waals surface area contributed by atoms with Crippen LogP contribution >= 0.6 is 0 Å². The molecule has 0 radical (unpaired) electrons. The van der Waals surface area contributed by atoms with Crippen LogP contribution < -0.4 is 9.80 Å². The van der Waals surface area contributed by atoms with Gasteiger partial charge in [-0.05, 0) is 30.3 Å². The smallest absolute Gasteiger partial charge is 0.225 e. The Morgan fingerprint density at radius 2 is 1.70 bits per heavy atom. The molecule has 7 nitrogen and oxygen atoms in total. The fraction of sp³-hybridized carbons (Fsp3) is 0.368. The van der Waals surface area contributed by atoms with Gasteiger partial charge in [0, 0.05) is 64.1 Å². The molecular formula is C19H22FN5O2. The first kappa shape index (κ1) is 18.8. The van der Waals surface area contributed by atoms with Crippen molar-refractivity contribution in [2.45, 2.75) is 13.3 Å². The van der Waals surface area contributed by atoms with Gasteiger partial charge >= 0.3 is 0 Å². The van der Waals surface area contributed by atoms with E-state index in [0.717, 1.165) is 0 Å². The minimum absolute atomic E-state index is 0.00279. The van der Waals surface area contributed by atoms with Gasteiger partial charge in [-0.3, -0.25) is 9.59 Å². The van der Waals surface area contributed by atoms with Crippen LogP contribution in [-0.4, -0.2) is 59.4 Å². The lowest BCUT2D eigenvalue weighted by molar-refractivity contribution is -0.131. The van der Waals surface area contributed by atoms with Crippen LogP contribution in [0.5, 0.6) is 0 Å². The zero-order valence-corrected chi connectivity index (χ0v) is 15.2. The predicted octanol–water partition coefficient (Wildman–Crippen LogP) is 1.71. The fourth-order valence-corrected chi connectivity index (χ4v) is 3.07. The van der Waals surface area contributed by atoms with Gasteiger partial charge < -0.3 is 14.7 Å². The van der Waals surface area contributed by atoms with Crippen LogP contribution in [0.4, 0.5) is 16.0 Å². The summed E-state index contributed by atoms with van der Waals surface area (Å²) in [6, 6.07) is 7.46. The third-order valence-corrected chi connectivity index (χ3v) is 4.54. The van der Waals surface area contributed by atoms with Crippen molar-refractivity contribution >= 4 is 23.5 Å². The van der Waals surface area contributed by atoms with E-state index >= 15 is 0 Å². The molecule has 0 atom stereocenters. The molecule has 2 heterocycles. The van der Waals surface area contributed by atoms with Gasteiger partial charge in [0.1, 0.15) is 5.82 Å². The summed E-state index contributed by atoms with van der Waals surface area (Å²) in [5.41, 5.74) is 0.586. The van der Waals surface area contributed by atoms with E-state index < -0.39 is 0 Å². The van der Waals surface area contributed by atoms with Gasteiger partial charge in [0.25, 0.3) is 0 Å². The molecule has 0 saturated carbocycles. The molecule has 1 aliphatic rings. The lowest BCUT2D eigenvalue weighted by Gasteiger charge is -2.35. The summed E-state index contributed by atoms with van der Waals surface area (Å²) in [4.78, 5) is 38.2. The number of hydrogen-bond donors (Lipinski definition) is 0. The van der Waals surface area contributed by atoms with E-state index in [9.17, 15) is 14.0 Å². The number of amides is 2. The number of benzene rings is 1.